The third kappa shape index (κ3) is 3.25. The molecule has 3 aromatic rings. The van der Waals surface area contributed by atoms with Crippen molar-refractivity contribution in [3.8, 4) is 17.0 Å². The first kappa shape index (κ1) is 14.3. The Balaban J connectivity index is 1.40. The van der Waals surface area contributed by atoms with Crippen LogP contribution in [0, 0.1) is 0 Å². The topological polar surface area (TPSA) is 28.3 Å². The van der Waals surface area contributed by atoms with E-state index in [0.717, 1.165) is 24.6 Å². The number of aromatic amines is 1. The van der Waals surface area contributed by atoms with E-state index in [4.69, 9.17) is 4.74 Å². The second kappa shape index (κ2) is 6.47. The van der Waals surface area contributed by atoms with E-state index in [1.807, 2.05) is 0 Å². The molecule has 1 aromatic heterocycles. The summed E-state index contributed by atoms with van der Waals surface area (Å²) >= 11 is 0. The van der Waals surface area contributed by atoms with E-state index in [-0.39, 0.29) is 0 Å². The fraction of sp³-hybridized carbons (Fsp3) is 0.300. The van der Waals surface area contributed by atoms with Crippen molar-refractivity contribution in [3.05, 3.63) is 54.6 Å². The van der Waals surface area contributed by atoms with E-state index < -0.39 is 0 Å². The summed E-state index contributed by atoms with van der Waals surface area (Å²) in [7, 11) is 0. The summed E-state index contributed by atoms with van der Waals surface area (Å²) in [5.74, 6) is 0.948. The van der Waals surface area contributed by atoms with Gasteiger partial charge in [-0.2, -0.15) is 0 Å². The van der Waals surface area contributed by atoms with Crippen LogP contribution in [0.4, 0.5) is 0 Å². The SMILES string of the molecule is c1ccc2[nH]c(-c3ccc(OCCN4CCCC4)cc3)cc2c1. The van der Waals surface area contributed by atoms with Crippen molar-refractivity contribution in [1.82, 2.24) is 9.88 Å². The number of likely N-dealkylation sites (tertiary alicyclic amines) is 1. The van der Waals surface area contributed by atoms with Gasteiger partial charge in [0.2, 0.25) is 0 Å². The minimum absolute atomic E-state index is 0.770. The van der Waals surface area contributed by atoms with E-state index >= 15 is 0 Å². The lowest BCUT2D eigenvalue weighted by Gasteiger charge is -2.14. The molecule has 1 fully saturated rings. The van der Waals surface area contributed by atoms with Crippen LogP contribution in [0.15, 0.2) is 54.6 Å². The van der Waals surface area contributed by atoms with E-state index in [2.05, 4.69) is 64.5 Å². The lowest BCUT2D eigenvalue weighted by molar-refractivity contribution is 0.238. The molecule has 0 atom stereocenters. The van der Waals surface area contributed by atoms with Crippen molar-refractivity contribution >= 4 is 10.9 Å². The van der Waals surface area contributed by atoms with Crippen LogP contribution in [-0.4, -0.2) is 36.1 Å². The van der Waals surface area contributed by atoms with Crippen molar-refractivity contribution in [1.29, 1.82) is 0 Å². The van der Waals surface area contributed by atoms with Gasteiger partial charge < -0.3 is 9.72 Å². The second-order valence-electron chi connectivity index (χ2n) is 6.19. The Kier molecular flexibility index (Phi) is 4.03. The molecule has 0 radical (unpaired) electrons. The van der Waals surface area contributed by atoms with Gasteiger partial charge in [-0.25, -0.2) is 0 Å². The predicted octanol–water partition coefficient (Wildman–Crippen LogP) is 4.31. The fourth-order valence-electron chi connectivity index (χ4n) is 3.26. The number of nitrogens with one attached hydrogen (secondary N) is 1. The molecule has 3 nitrogen and oxygen atoms in total. The highest BCUT2D eigenvalue weighted by Crippen LogP contribution is 2.25. The minimum atomic E-state index is 0.770. The monoisotopic (exact) mass is 306 g/mol. The maximum absolute atomic E-state index is 5.87. The third-order valence-corrected chi connectivity index (χ3v) is 4.57. The van der Waals surface area contributed by atoms with Crippen LogP contribution in [0.3, 0.4) is 0 Å². The standard InChI is InChI=1S/C20H22N2O/c1-2-6-19-17(5-1)15-20(21-19)16-7-9-18(10-8-16)23-14-13-22-11-3-4-12-22/h1-2,5-10,15,21H,3-4,11-14H2. The van der Waals surface area contributed by atoms with E-state index in [0.29, 0.717) is 0 Å². The number of H-pyrrole nitrogens is 1. The van der Waals surface area contributed by atoms with Gasteiger partial charge >= 0.3 is 0 Å². The van der Waals surface area contributed by atoms with Gasteiger partial charge in [-0.1, -0.05) is 18.2 Å². The Morgan fingerprint density at radius 1 is 0.957 bits per heavy atom. The number of ether oxygens (including phenoxy) is 1. The van der Waals surface area contributed by atoms with Gasteiger partial charge in [0.05, 0.1) is 0 Å². The van der Waals surface area contributed by atoms with Gasteiger partial charge in [-0.15, -0.1) is 0 Å². The molecule has 0 amide bonds. The van der Waals surface area contributed by atoms with E-state index in [1.54, 1.807) is 0 Å². The molecule has 118 valence electrons. The number of para-hydroxylation sites is 1. The minimum Gasteiger partial charge on any atom is -0.492 e. The van der Waals surface area contributed by atoms with Crippen LogP contribution in [0.25, 0.3) is 22.2 Å². The molecule has 0 bridgehead atoms. The lowest BCUT2D eigenvalue weighted by Crippen LogP contribution is -2.25. The van der Waals surface area contributed by atoms with Gasteiger partial charge in [0, 0.05) is 23.1 Å². The van der Waals surface area contributed by atoms with Gasteiger partial charge in [-0.3, -0.25) is 4.90 Å². The second-order valence-corrected chi connectivity index (χ2v) is 6.19. The van der Waals surface area contributed by atoms with Crippen LogP contribution in [-0.2, 0) is 0 Å². The molecule has 0 spiro atoms. The Labute approximate surface area is 136 Å². The summed E-state index contributed by atoms with van der Waals surface area (Å²) < 4.78 is 5.87. The van der Waals surface area contributed by atoms with Gasteiger partial charge in [0.1, 0.15) is 12.4 Å². The maximum atomic E-state index is 5.87. The largest absolute Gasteiger partial charge is 0.492 e. The zero-order valence-electron chi connectivity index (χ0n) is 13.3. The summed E-state index contributed by atoms with van der Waals surface area (Å²) in [6.07, 6.45) is 2.67. The molecule has 2 heterocycles. The highest BCUT2D eigenvalue weighted by atomic mass is 16.5. The molecule has 1 N–H and O–H groups in total. The molecular weight excluding hydrogens is 284 g/mol. The molecule has 3 heteroatoms. The first-order valence-electron chi connectivity index (χ1n) is 8.42. The predicted molar refractivity (Wildman–Crippen MR) is 94.9 cm³/mol. The van der Waals surface area contributed by atoms with Gasteiger partial charge in [0.25, 0.3) is 0 Å². The number of fused-ring (bicyclic) bond motifs is 1. The number of aromatic nitrogens is 1. The Morgan fingerprint density at radius 2 is 1.74 bits per heavy atom. The Bertz CT molecular complexity index is 737. The molecule has 0 saturated carbocycles. The van der Waals surface area contributed by atoms with E-state index in [9.17, 15) is 0 Å². The number of hydrogen-bond acceptors (Lipinski definition) is 2. The van der Waals surface area contributed by atoms with Crippen molar-refractivity contribution < 1.29 is 4.74 Å². The van der Waals surface area contributed by atoms with Crippen LogP contribution in [0.5, 0.6) is 5.75 Å². The summed E-state index contributed by atoms with van der Waals surface area (Å²) in [4.78, 5) is 5.94. The number of nitrogens with zero attached hydrogens (tertiary/aromatic N) is 1. The van der Waals surface area contributed by atoms with Gasteiger partial charge in [0.15, 0.2) is 0 Å². The Morgan fingerprint density at radius 3 is 2.52 bits per heavy atom. The summed E-state index contributed by atoms with van der Waals surface area (Å²) in [5, 5.41) is 1.24. The van der Waals surface area contributed by atoms with Crippen LogP contribution >= 0.6 is 0 Å². The van der Waals surface area contributed by atoms with Crippen molar-refractivity contribution in [3.63, 3.8) is 0 Å². The Hall–Kier alpha value is -2.26. The first-order chi connectivity index (χ1) is 11.4. The number of hydrogen-bond donors (Lipinski definition) is 1. The number of rotatable bonds is 5. The summed E-state index contributed by atoms with van der Waals surface area (Å²) in [6.45, 7) is 4.25. The summed E-state index contributed by atoms with van der Waals surface area (Å²) in [6, 6.07) is 18.9. The number of benzene rings is 2. The van der Waals surface area contributed by atoms with Gasteiger partial charge in [-0.05, 0) is 67.9 Å². The first-order valence-corrected chi connectivity index (χ1v) is 8.42. The van der Waals surface area contributed by atoms with Crippen molar-refractivity contribution in [2.24, 2.45) is 0 Å². The molecule has 0 aliphatic carbocycles. The maximum Gasteiger partial charge on any atom is 0.119 e. The molecule has 1 aliphatic heterocycles. The quantitative estimate of drug-likeness (QED) is 0.761. The smallest absolute Gasteiger partial charge is 0.119 e. The normalized spacial score (nSPS) is 15.3. The van der Waals surface area contributed by atoms with Crippen LogP contribution < -0.4 is 4.74 Å². The molecule has 1 aliphatic rings. The molecule has 2 aromatic carbocycles. The van der Waals surface area contributed by atoms with Crippen molar-refractivity contribution in [2.45, 2.75) is 12.8 Å². The molecule has 4 rings (SSSR count). The molecule has 0 unspecified atom stereocenters. The van der Waals surface area contributed by atoms with E-state index in [1.165, 1.54) is 42.4 Å². The molecule has 23 heavy (non-hydrogen) atoms. The molecular formula is C20H22N2O. The third-order valence-electron chi connectivity index (χ3n) is 4.57. The molecule has 1 saturated heterocycles. The highest BCUT2D eigenvalue weighted by molar-refractivity contribution is 5.85. The average Bonchev–Trinajstić information content (AvgIpc) is 3.24. The highest BCUT2D eigenvalue weighted by Gasteiger charge is 2.10. The zero-order chi connectivity index (χ0) is 15.5. The van der Waals surface area contributed by atoms with Crippen molar-refractivity contribution in [2.75, 3.05) is 26.2 Å². The zero-order valence-corrected chi connectivity index (χ0v) is 13.3. The summed E-state index contributed by atoms with van der Waals surface area (Å²) in [5.41, 5.74) is 3.51. The fourth-order valence-corrected chi connectivity index (χ4v) is 3.26. The average molecular weight is 306 g/mol. The van der Waals surface area contributed by atoms with Crippen LogP contribution in [0.2, 0.25) is 0 Å². The lowest BCUT2D eigenvalue weighted by atomic mass is 10.1. The van der Waals surface area contributed by atoms with Crippen LogP contribution in [0.1, 0.15) is 12.8 Å².